The number of anilines is 1. The largest absolute Gasteiger partial charge is 0.381 e. The van der Waals surface area contributed by atoms with Gasteiger partial charge in [0, 0.05) is 74.5 Å². The summed E-state index contributed by atoms with van der Waals surface area (Å²) in [7, 11) is 2.09. The minimum Gasteiger partial charge on any atom is -0.381 e. The van der Waals surface area contributed by atoms with Crippen molar-refractivity contribution in [1.29, 1.82) is 0 Å². The number of benzene rings is 1. The smallest absolute Gasteiger partial charge is 0.225 e. The van der Waals surface area contributed by atoms with E-state index in [0.29, 0.717) is 16.6 Å². The Labute approximate surface area is 188 Å². The van der Waals surface area contributed by atoms with Crippen LogP contribution in [0.25, 0.3) is 11.1 Å². The van der Waals surface area contributed by atoms with Gasteiger partial charge in [0.25, 0.3) is 0 Å². The van der Waals surface area contributed by atoms with Crippen LogP contribution in [0.4, 0.5) is 10.3 Å². The van der Waals surface area contributed by atoms with Gasteiger partial charge in [-0.1, -0.05) is 11.6 Å². The highest BCUT2D eigenvalue weighted by Crippen LogP contribution is 2.41. The van der Waals surface area contributed by atoms with Crippen LogP contribution in [-0.4, -0.2) is 60.8 Å². The van der Waals surface area contributed by atoms with E-state index in [1.165, 1.54) is 57.5 Å². The molecule has 0 bridgehead atoms. The fraction of sp³-hybridized carbons (Fsp3) is 0.583. The first kappa shape index (κ1) is 21.1. The summed E-state index contributed by atoms with van der Waals surface area (Å²) in [6, 6.07) is 4.82. The van der Waals surface area contributed by atoms with Gasteiger partial charge in [-0.05, 0) is 61.6 Å². The van der Waals surface area contributed by atoms with E-state index in [0.717, 1.165) is 42.5 Å². The highest BCUT2D eigenvalue weighted by molar-refractivity contribution is 6.33. The van der Waals surface area contributed by atoms with Crippen LogP contribution in [0.1, 0.15) is 25.7 Å². The number of rotatable bonds is 5. The van der Waals surface area contributed by atoms with E-state index >= 15 is 0 Å². The van der Waals surface area contributed by atoms with Gasteiger partial charge < -0.3 is 14.5 Å². The predicted octanol–water partition coefficient (Wildman–Crippen LogP) is 4.51. The molecule has 0 unspecified atom stereocenters. The molecule has 3 aliphatic rings. The van der Waals surface area contributed by atoms with Crippen LogP contribution < -0.4 is 4.90 Å². The van der Waals surface area contributed by atoms with E-state index in [-0.39, 0.29) is 5.82 Å². The lowest BCUT2D eigenvalue weighted by molar-refractivity contribution is 0.0545. The molecule has 0 spiro atoms. The Bertz CT molecular complexity index is 891. The zero-order valence-electron chi connectivity index (χ0n) is 18.0. The Morgan fingerprint density at radius 1 is 1.13 bits per heavy atom. The molecule has 3 fully saturated rings. The van der Waals surface area contributed by atoms with Gasteiger partial charge in [0.05, 0.1) is 0 Å². The molecule has 166 valence electrons. The highest BCUT2D eigenvalue weighted by atomic mass is 35.5. The van der Waals surface area contributed by atoms with Gasteiger partial charge in [-0.15, -0.1) is 0 Å². The summed E-state index contributed by atoms with van der Waals surface area (Å²) in [6.45, 7) is 5.56. The van der Waals surface area contributed by atoms with Crippen LogP contribution in [-0.2, 0) is 4.74 Å². The summed E-state index contributed by atoms with van der Waals surface area (Å²) in [5.41, 5.74) is 1.35. The van der Waals surface area contributed by atoms with Gasteiger partial charge in [0.2, 0.25) is 5.95 Å². The number of hydrogen-bond acceptors (Lipinski definition) is 5. The molecule has 2 atom stereocenters. The molecule has 1 aromatic heterocycles. The maximum Gasteiger partial charge on any atom is 0.225 e. The Hall–Kier alpha value is -1.76. The van der Waals surface area contributed by atoms with Gasteiger partial charge >= 0.3 is 0 Å². The summed E-state index contributed by atoms with van der Waals surface area (Å²) in [6.07, 6.45) is 8.31. The van der Waals surface area contributed by atoms with Crippen molar-refractivity contribution in [2.24, 2.45) is 17.8 Å². The number of ether oxygens (including phenoxy) is 1. The molecule has 3 heterocycles. The third kappa shape index (κ3) is 4.57. The average molecular weight is 445 g/mol. The first-order chi connectivity index (χ1) is 15.1. The fourth-order valence-electron chi connectivity index (χ4n) is 5.65. The SMILES string of the molecule is CN(c1ncc(-c2cc(F)ccc2Cl)cn1)C1C[C@@H]2CN(CC3CCOCC3)C[C@H]2C1. The van der Waals surface area contributed by atoms with Gasteiger partial charge in [-0.2, -0.15) is 0 Å². The van der Waals surface area contributed by atoms with Gasteiger partial charge in [-0.25, -0.2) is 14.4 Å². The van der Waals surface area contributed by atoms with E-state index in [2.05, 4.69) is 26.8 Å². The second-order valence-corrected chi connectivity index (χ2v) is 9.83. The summed E-state index contributed by atoms with van der Waals surface area (Å²) in [5.74, 6) is 2.77. The Kier molecular flexibility index (Phi) is 6.13. The van der Waals surface area contributed by atoms with Crippen molar-refractivity contribution in [3.63, 3.8) is 0 Å². The first-order valence-corrected chi connectivity index (χ1v) is 11.7. The normalized spacial score (nSPS) is 25.1. The summed E-state index contributed by atoms with van der Waals surface area (Å²) in [4.78, 5) is 14.0. The lowest BCUT2D eigenvalue weighted by Gasteiger charge is -2.29. The zero-order chi connectivity index (χ0) is 21.4. The third-order valence-corrected chi connectivity index (χ3v) is 7.73. The predicted molar refractivity (Wildman–Crippen MR) is 121 cm³/mol. The molecule has 0 radical (unpaired) electrons. The Morgan fingerprint density at radius 2 is 1.81 bits per heavy atom. The molecule has 5 rings (SSSR count). The molecule has 2 saturated heterocycles. The monoisotopic (exact) mass is 444 g/mol. The Balaban J connectivity index is 1.18. The van der Waals surface area contributed by atoms with Gasteiger partial charge in [-0.3, -0.25) is 0 Å². The molecule has 7 heteroatoms. The standard InChI is InChI=1S/C24H30ClFN4O/c1-29(24-27-11-19(12-28-24)22-10-20(26)2-3-23(22)25)21-8-17-14-30(15-18(17)9-21)13-16-4-6-31-7-5-16/h2-3,10-12,16-18,21H,4-9,13-15H2,1H3/t17-,18-/m1/s1. The van der Waals surface area contributed by atoms with Crippen molar-refractivity contribution in [3.05, 3.63) is 41.4 Å². The van der Waals surface area contributed by atoms with Crippen LogP contribution in [0.3, 0.4) is 0 Å². The maximum atomic E-state index is 13.6. The molecule has 1 aliphatic carbocycles. The quantitative estimate of drug-likeness (QED) is 0.678. The lowest BCUT2D eigenvalue weighted by atomic mass is 10.00. The van der Waals surface area contributed by atoms with Crippen molar-refractivity contribution < 1.29 is 9.13 Å². The average Bonchev–Trinajstić information content (AvgIpc) is 3.34. The van der Waals surface area contributed by atoms with Crippen LogP contribution in [0, 0.1) is 23.6 Å². The molecule has 0 N–H and O–H groups in total. The van der Waals surface area contributed by atoms with E-state index in [1.807, 2.05) is 0 Å². The topological polar surface area (TPSA) is 41.5 Å². The van der Waals surface area contributed by atoms with E-state index in [9.17, 15) is 4.39 Å². The molecule has 31 heavy (non-hydrogen) atoms. The molecular formula is C24H30ClFN4O. The molecule has 0 amide bonds. The first-order valence-electron chi connectivity index (χ1n) is 11.4. The lowest BCUT2D eigenvalue weighted by Crippen LogP contribution is -2.35. The van der Waals surface area contributed by atoms with Gasteiger partial charge in [0.15, 0.2) is 0 Å². The van der Waals surface area contributed by atoms with E-state index in [1.54, 1.807) is 18.5 Å². The third-order valence-electron chi connectivity index (χ3n) is 7.40. The van der Waals surface area contributed by atoms with Gasteiger partial charge in [0.1, 0.15) is 5.82 Å². The van der Waals surface area contributed by atoms with E-state index < -0.39 is 0 Å². The van der Waals surface area contributed by atoms with E-state index in [4.69, 9.17) is 16.3 Å². The number of hydrogen-bond donors (Lipinski definition) is 0. The van der Waals surface area contributed by atoms with Crippen molar-refractivity contribution >= 4 is 17.5 Å². The number of aromatic nitrogens is 2. The van der Waals surface area contributed by atoms with Crippen molar-refractivity contribution in [2.45, 2.75) is 31.7 Å². The molecule has 2 aromatic rings. The summed E-state index contributed by atoms with van der Waals surface area (Å²) >= 11 is 6.22. The van der Waals surface area contributed by atoms with Crippen LogP contribution >= 0.6 is 11.6 Å². The van der Waals surface area contributed by atoms with Crippen molar-refractivity contribution in [2.75, 3.05) is 44.8 Å². The maximum absolute atomic E-state index is 13.6. The number of fused-ring (bicyclic) bond motifs is 1. The zero-order valence-corrected chi connectivity index (χ0v) is 18.8. The highest BCUT2D eigenvalue weighted by Gasteiger charge is 2.42. The number of nitrogens with zero attached hydrogens (tertiary/aromatic N) is 4. The second kappa shape index (κ2) is 9.00. The van der Waals surface area contributed by atoms with Crippen molar-refractivity contribution in [1.82, 2.24) is 14.9 Å². The molecule has 2 aliphatic heterocycles. The number of halogens is 2. The minimum atomic E-state index is -0.316. The fourth-order valence-corrected chi connectivity index (χ4v) is 5.88. The molecular weight excluding hydrogens is 415 g/mol. The molecule has 5 nitrogen and oxygen atoms in total. The minimum absolute atomic E-state index is 0.316. The molecule has 1 aromatic carbocycles. The van der Waals surface area contributed by atoms with Crippen molar-refractivity contribution in [3.8, 4) is 11.1 Å². The molecule has 1 saturated carbocycles. The summed E-state index contributed by atoms with van der Waals surface area (Å²) < 4.78 is 19.1. The Morgan fingerprint density at radius 3 is 2.48 bits per heavy atom. The van der Waals surface area contributed by atoms with Crippen LogP contribution in [0.2, 0.25) is 5.02 Å². The van der Waals surface area contributed by atoms with Crippen LogP contribution in [0.5, 0.6) is 0 Å². The summed E-state index contributed by atoms with van der Waals surface area (Å²) in [5, 5.41) is 0.500. The second-order valence-electron chi connectivity index (χ2n) is 9.43. The number of likely N-dealkylation sites (tertiary alicyclic amines) is 1. The van der Waals surface area contributed by atoms with Crippen LogP contribution in [0.15, 0.2) is 30.6 Å².